The number of hydrogen-bond donors (Lipinski definition) is 1. The third-order valence-corrected chi connectivity index (χ3v) is 6.55. The van der Waals surface area contributed by atoms with Gasteiger partial charge in [-0.05, 0) is 59.8 Å². The lowest BCUT2D eigenvalue weighted by molar-refractivity contribution is -0.141. The third kappa shape index (κ3) is 6.69. The lowest BCUT2D eigenvalue weighted by atomic mass is 10.1. The number of benzene rings is 2. The number of anilines is 1. The normalized spacial score (nSPS) is 15.8. The van der Waals surface area contributed by atoms with Crippen molar-refractivity contribution in [2.24, 2.45) is 0 Å². The molecule has 0 saturated carbocycles. The Morgan fingerprint density at radius 3 is 2.49 bits per heavy atom. The molecule has 9 heteroatoms. The first-order valence-corrected chi connectivity index (χ1v) is 12.3. The van der Waals surface area contributed by atoms with Crippen molar-refractivity contribution < 1.29 is 22.7 Å². The van der Waals surface area contributed by atoms with Crippen molar-refractivity contribution in [3.8, 4) is 5.75 Å². The average Bonchev–Trinajstić information content (AvgIpc) is 3.32. The van der Waals surface area contributed by atoms with Crippen molar-refractivity contribution in [2.75, 3.05) is 23.7 Å². The van der Waals surface area contributed by atoms with Crippen LogP contribution in [0.1, 0.15) is 35.0 Å². The minimum atomic E-state index is -4.47. The number of amides is 1. The topological polar surface area (TPSA) is 54.5 Å². The summed E-state index contributed by atoms with van der Waals surface area (Å²) in [5.74, 6) is 1.20. The molecule has 1 atom stereocenters. The molecule has 184 valence electrons. The summed E-state index contributed by atoms with van der Waals surface area (Å²) in [6, 6.07) is 17.8. The molecule has 1 fully saturated rings. The van der Waals surface area contributed by atoms with Crippen molar-refractivity contribution in [3.63, 3.8) is 0 Å². The number of thioether (sulfide) groups is 1. The first kappa shape index (κ1) is 24.9. The van der Waals surface area contributed by atoms with E-state index in [1.54, 1.807) is 23.9 Å². The SMILES string of the molecule is CCSc1ccc(CNC(=O)c2ccc(N3CC[C@H](Oc4ccc(C(F)(F)F)nc4)C3)cc2)cc1. The molecule has 3 aromatic rings. The van der Waals surface area contributed by atoms with Gasteiger partial charge in [0, 0.05) is 35.7 Å². The van der Waals surface area contributed by atoms with E-state index < -0.39 is 11.9 Å². The molecule has 1 N–H and O–H groups in total. The quantitative estimate of drug-likeness (QED) is 0.396. The van der Waals surface area contributed by atoms with Gasteiger partial charge in [-0.1, -0.05) is 19.1 Å². The minimum Gasteiger partial charge on any atom is -0.487 e. The van der Waals surface area contributed by atoms with Crippen molar-refractivity contribution in [1.82, 2.24) is 10.3 Å². The molecule has 1 aliphatic rings. The summed E-state index contributed by atoms with van der Waals surface area (Å²) in [6.07, 6.45) is -2.78. The second-order valence-corrected chi connectivity index (χ2v) is 9.50. The Morgan fingerprint density at radius 2 is 1.86 bits per heavy atom. The van der Waals surface area contributed by atoms with Crippen LogP contribution < -0.4 is 15.0 Å². The molecule has 5 nitrogen and oxygen atoms in total. The summed E-state index contributed by atoms with van der Waals surface area (Å²) in [5, 5.41) is 2.95. The van der Waals surface area contributed by atoms with Gasteiger partial charge in [0.15, 0.2) is 0 Å². The van der Waals surface area contributed by atoms with Gasteiger partial charge in [0.2, 0.25) is 0 Å². The van der Waals surface area contributed by atoms with Gasteiger partial charge in [-0.3, -0.25) is 4.79 Å². The van der Waals surface area contributed by atoms with Crippen LogP contribution in [0.5, 0.6) is 5.75 Å². The van der Waals surface area contributed by atoms with E-state index in [0.29, 0.717) is 24.4 Å². The van der Waals surface area contributed by atoms with E-state index in [9.17, 15) is 18.0 Å². The van der Waals surface area contributed by atoms with Crippen molar-refractivity contribution in [1.29, 1.82) is 0 Å². The van der Waals surface area contributed by atoms with Crippen LogP contribution in [-0.2, 0) is 12.7 Å². The molecule has 0 radical (unpaired) electrons. The Labute approximate surface area is 206 Å². The zero-order valence-corrected chi connectivity index (χ0v) is 20.0. The highest BCUT2D eigenvalue weighted by molar-refractivity contribution is 7.99. The molecule has 4 rings (SSSR count). The maximum Gasteiger partial charge on any atom is 0.433 e. The molecule has 1 aliphatic heterocycles. The highest BCUT2D eigenvalue weighted by Crippen LogP contribution is 2.29. The monoisotopic (exact) mass is 501 g/mol. The first-order chi connectivity index (χ1) is 16.8. The molecule has 2 heterocycles. The van der Waals surface area contributed by atoms with Crippen LogP contribution in [0.15, 0.2) is 71.8 Å². The highest BCUT2D eigenvalue weighted by atomic mass is 32.2. The third-order valence-electron chi connectivity index (χ3n) is 5.66. The van der Waals surface area contributed by atoms with E-state index in [1.807, 2.05) is 24.3 Å². The second-order valence-electron chi connectivity index (χ2n) is 8.16. The summed E-state index contributed by atoms with van der Waals surface area (Å²) in [6.45, 7) is 3.91. The molecular weight excluding hydrogens is 475 g/mol. The Kier molecular flexibility index (Phi) is 7.85. The Morgan fingerprint density at radius 1 is 1.11 bits per heavy atom. The van der Waals surface area contributed by atoms with Crippen LogP contribution in [-0.4, -0.2) is 35.8 Å². The molecule has 0 bridgehead atoms. The number of rotatable bonds is 8. The zero-order chi connectivity index (χ0) is 24.8. The van der Waals surface area contributed by atoms with Crippen LogP contribution in [0.4, 0.5) is 18.9 Å². The first-order valence-electron chi connectivity index (χ1n) is 11.4. The summed E-state index contributed by atoms with van der Waals surface area (Å²) in [4.78, 5) is 19.3. The van der Waals surface area contributed by atoms with E-state index in [-0.39, 0.29) is 12.0 Å². The van der Waals surface area contributed by atoms with Crippen molar-refractivity contribution in [2.45, 2.75) is 37.1 Å². The number of pyridine rings is 1. The fraction of sp³-hybridized carbons (Fsp3) is 0.308. The van der Waals surface area contributed by atoms with Gasteiger partial charge < -0.3 is 15.0 Å². The highest BCUT2D eigenvalue weighted by Gasteiger charge is 2.32. The van der Waals surface area contributed by atoms with Crippen LogP contribution in [0.3, 0.4) is 0 Å². The largest absolute Gasteiger partial charge is 0.487 e. The lowest BCUT2D eigenvalue weighted by Gasteiger charge is -2.19. The van der Waals surface area contributed by atoms with Gasteiger partial charge in [-0.15, -0.1) is 11.8 Å². The van der Waals surface area contributed by atoms with Gasteiger partial charge >= 0.3 is 6.18 Å². The van der Waals surface area contributed by atoms with Crippen LogP contribution in [0, 0.1) is 0 Å². The van der Waals surface area contributed by atoms with E-state index in [2.05, 4.69) is 34.3 Å². The summed E-state index contributed by atoms with van der Waals surface area (Å²) < 4.78 is 43.8. The number of hydrogen-bond acceptors (Lipinski definition) is 5. The van der Waals surface area contributed by atoms with Crippen molar-refractivity contribution in [3.05, 3.63) is 83.7 Å². The van der Waals surface area contributed by atoms with Gasteiger partial charge in [0.25, 0.3) is 5.91 Å². The molecule has 0 unspecified atom stereocenters. The number of carbonyl (C=O) groups excluding carboxylic acids is 1. The Bertz CT molecular complexity index is 1120. The Balaban J connectivity index is 1.27. The summed E-state index contributed by atoms with van der Waals surface area (Å²) in [7, 11) is 0. The predicted octanol–water partition coefficient (Wildman–Crippen LogP) is 5.80. The molecule has 0 aliphatic carbocycles. The molecule has 2 aromatic carbocycles. The maximum atomic E-state index is 12.7. The van der Waals surface area contributed by atoms with E-state index in [4.69, 9.17) is 4.74 Å². The van der Waals surface area contributed by atoms with E-state index in [0.717, 1.165) is 42.2 Å². The average molecular weight is 502 g/mol. The number of halogens is 3. The molecule has 35 heavy (non-hydrogen) atoms. The number of ether oxygens (including phenoxy) is 1. The molecule has 1 aromatic heterocycles. The number of alkyl halides is 3. The molecule has 1 saturated heterocycles. The van der Waals surface area contributed by atoms with E-state index in [1.165, 1.54) is 11.0 Å². The lowest BCUT2D eigenvalue weighted by Crippen LogP contribution is -2.25. The van der Waals surface area contributed by atoms with Gasteiger partial charge in [0.05, 0.1) is 12.7 Å². The fourth-order valence-corrected chi connectivity index (χ4v) is 4.51. The molecular formula is C26H26F3N3O2S. The standard InChI is InChI=1S/C26H26F3N3O2S/c1-2-35-23-10-3-18(4-11-23)15-31-25(33)19-5-7-20(8-6-19)32-14-13-22(17-32)34-21-9-12-24(30-16-21)26(27,28)29/h3-12,16,22H,2,13-15,17H2,1H3,(H,31,33)/t22-/m0/s1. The van der Waals surface area contributed by atoms with Crippen LogP contribution >= 0.6 is 11.8 Å². The van der Waals surface area contributed by atoms with Crippen molar-refractivity contribution >= 4 is 23.4 Å². The number of aromatic nitrogens is 1. The predicted molar refractivity (Wildman–Crippen MR) is 131 cm³/mol. The number of nitrogens with one attached hydrogen (secondary N) is 1. The fourth-order valence-electron chi connectivity index (χ4n) is 3.85. The smallest absolute Gasteiger partial charge is 0.433 e. The van der Waals surface area contributed by atoms with E-state index >= 15 is 0 Å². The molecule has 0 spiro atoms. The van der Waals surface area contributed by atoms with Gasteiger partial charge in [0.1, 0.15) is 17.5 Å². The van der Waals surface area contributed by atoms with Crippen LogP contribution in [0.2, 0.25) is 0 Å². The molecule has 1 amide bonds. The van der Waals surface area contributed by atoms with Gasteiger partial charge in [-0.2, -0.15) is 13.2 Å². The number of carbonyl (C=O) groups is 1. The maximum absolute atomic E-state index is 12.7. The van der Waals surface area contributed by atoms with Crippen LogP contribution in [0.25, 0.3) is 0 Å². The summed E-state index contributed by atoms with van der Waals surface area (Å²) >= 11 is 1.78. The van der Waals surface area contributed by atoms with Gasteiger partial charge in [-0.25, -0.2) is 4.98 Å². The summed E-state index contributed by atoms with van der Waals surface area (Å²) in [5.41, 5.74) is 1.64. The second kappa shape index (κ2) is 11.0. The Hall–Kier alpha value is -3.20. The minimum absolute atomic E-state index is 0.138. The zero-order valence-electron chi connectivity index (χ0n) is 19.2. The number of nitrogens with zero attached hydrogens (tertiary/aromatic N) is 2.